The molecule has 0 saturated heterocycles. The summed E-state index contributed by atoms with van der Waals surface area (Å²) >= 11 is 0. The predicted molar refractivity (Wildman–Crippen MR) is 53.7 cm³/mol. The molecule has 0 rings (SSSR count). The molecule has 2 atom stereocenters. The van der Waals surface area contributed by atoms with E-state index >= 15 is 0 Å². The largest absolute Gasteiger partial charge is 0.481 e. The van der Waals surface area contributed by atoms with E-state index in [1.54, 1.807) is 0 Å². The molecule has 0 spiro atoms. The summed E-state index contributed by atoms with van der Waals surface area (Å²) in [6.45, 7) is 6.07. The fourth-order valence-corrected chi connectivity index (χ4v) is 1.37. The van der Waals surface area contributed by atoms with Gasteiger partial charge in [0.2, 0.25) is 0 Å². The molecule has 3 heteroatoms. The average Bonchev–Trinajstić information content (AvgIpc) is 1.97. The first-order valence-corrected chi connectivity index (χ1v) is 4.75. The van der Waals surface area contributed by atoms with E-state index in [1.807, 2.05) is 25.9 Å². The molecular weight excluding hydrogens is 166 g/mol. The number of hydrogen-bond donors (Lipinski definition) is 1. The molecule has 0 aliphatic heterocycles. The van der Waals surface area contributed by atoms with Crippen LogP contribution in [0.1, 0.15) is 27.2 Å². The minimum atomic E-state index is -0.685. The van der Waals surface area contributed by atoms with Crippen molar-refractivity contribution in [1.29, 1.82) is 0 Å². The number of aliphatic carboxylic acids is 1. The van der Waals surface area contributed by atoms with Crippen LogP contribution in [0.5, 0.6) is 0 Å². The average molecular weight is 187 g/mol. The molecule has 0 heterocycles. The van der Waals surface area contributed by atoms with Gasteiger partial charge in [-0.15, -0.1) is 0 Å². The van der Waals surface area contributed by atoms with E-state index in [0.29, 0.717) is 5.92 Å². The van der Waals surface area contributed by atoms with Crippen LogP contribution in [0.4, 0.5) is 0 Å². The lowest BCUT2D eigenvalue weighted by Crippen LogP contribution is -2.37. The zero-order valence-electron chi connectivity index (χ0n) is 9.24. The number of carboxylic acids is 1. The van der Waals surface area contributed by atoms with Crippen molar-refractivity contribution < 1.29 is 9.90 Å². The van der Waals surface area contributed by atoms with Crippen molar-refractivity contribution in [2.75, 3.05) is 14.1 Å². The molecule has 0 fully saturated rings. The Morgan fingerprint density at radius 1 is 1.31 bits per heavy atom. The van der Waals surface area contributed by atoms with Crippen molar-refractivity contribution in [2.45, 2.75) is 33.2 Å². The fourth-order valence-electron chi connectivity index (χ4n) is 1.37. The van der Waals surface area contributed by atoms with E-state index in [1.165, 1.54) is 0 Å². The van der Waals surface area contributed by atoms with Crippen LogP contribution in [0.25, 0.3) is 0 Å². The van der Waals surface area contributed by atoms with Gasteiger partial charge in [0.1, 0.15) is 0 Å². The highest BCUT2D eigenvalue weighted by molar-refractivity contribution is 5.70. The third-order valence-corrected chi connectivity index (χ3v) is 2.44. The fraction of sp³-hybridized carbons (Fsp3) is 0.900. The van der Waals surface area contributed by atoms with Gasteiger partial charge in [0.15, 0.2) is 0 Å². The van der Waals surface area contributed by atoms with Crippen LogP contribution in [0.15, 0.2) is 0 Å². The smallest absolute Gasteiger partial charge is 0.308 e. The first-order chi connectivity index (χ1) is 5.86. The molecule has 0 aromatic rings. The monoisotopic (exact) mass is 187 g/mol. The van der Waals surface area contributed by atoms with Gasteiger partial charge >= 0.3 is 5.97 Å². The molecule has 0 saturated carbocycles. The lowest BCUT2D eigenvalue weighted by Gasteiger charge is -2.27. The maximum atomic E-state index is 11.0. The Hall–Kier alpha value is -0.570. The third-order valence-electron chi connectivity index (χ3n) is 2.44. The highest BCUT2D eigenvalue weighted by atomic mass is 16.4. The molecule has 0 aromatic heterocycles. The molecule has 1 N–H and O–H groups in total. The molecule has 3 nitrogen and oxygen atoms in total. The van der Waals surface area contributed by atoms with Crippen LogP contribution < -0.4 is 0 Å². The first kappa shape index (κ1) is 12.4. The van der Waals surface area contributed by atoms with Crippen molar-refractivity contribution in [3.8, 4) is 0 Å². The second-order valence-electron chi connectivity index (χ2n) is 4.28. The Balaban J connectivity index is 4.33. The first-order valence-electron chi connectivity index (χ1n) is 4.75. The summed E-state index contributed by atoms with van der Waals surface area (Å²) in [5.74, 6) is -0.506. The van der Waals surface area contributed by atoms with Gasteiger partial charge in [-0.25, -0.2) is 0 Å². The Morgan fingerprint density at radius 3 is 2.00 bits per heavy atom. The van der Waals surface area contributed by atoms with Gasteiger partial charge in [0, 0.05) is 6.04 Å². The Kier molecular flexibility index (Phi) is 4.99. The van der Waals surface area contributed by atoms with E-state index < -0.39 is 5.97 Å². The van der Waals surface area contributed by atoms with Gasteiger partial charge in [-0.1, -0.05) is 13.8 Å². The highest BCUT2D eigenvalue weighted by Gasteiger charge is 2.26. The molecule has 0 amide bonds. The van der Waals surface area contributed by atoms with E-state index in [-0.39, 0.29) is 12.0 Å². The second kappa shape index (κ2) is 5.22. The van der Waals surface area contributed by atoms with Gasteiger partial charge in [0.05, 0.1) is 5.92 Å². The van der Waals surface area contributed by atoms with E-state index in [0.717, 1.165) is 6.42 Å². The molecule has 78 valence electrons. The molecule has 0 aromatic carbocycles. The third kappa shape index (κ3) is 4.27. The van der Waals surface area contributed by atoms with Crippen LogP contribution in [-0.4, -0.2) is 36.1 Å². The van der Waals surface area contributed by atoms with Crippen molar-refractivity contribution in [1.82, 2.24) is 4.90 Å². The molecule has 2 unspecified atom stereocenters. The van der Waals surface area contributed by atoms with E-state index in [4.69, 9.17) is 5.11 Å². The van der Waals surface area contributed by atoms with Gasteiger partial charge in [-0.05, 0) is 33.4 Å². The van der Waals surface area contributed by atoms with Crippen molar-refractivity contribution >= 4 is 5.97 Å². The summed E-state index contributed by atoms with van der Waals surface area (Å²) in [7, 11) is 3.84. The molecule has 0 aliphatic rings. The predicted octanol–water partition coefficient (Wildman–Crippen LogP) is 1.68. The maximum absolute atomic E-state index is 11.0. The number of rotatable bonds is 5. The van der Waals surface area contributed by atoms with Crippen molar-refractivity contribution in [3.05, 3.63) is 0 Å². The van der Waals surface area contributed by atoms with Crippen molar-refractivity contribution in [3.63, 3.8) is 0 Å². The van der Waals surface area contributed by atoms with Crippen molar-refractivity contribution in [2.24, 2.45) is 11.8 Å². The van der Waals surface area contributed by atoms with Gasteiger partial charge in [0.25, 0.3) is 0 Å². The molecule has 13 heavy (non-hydrogen) atoms. The second-order valence-corrected chi connectivity index (χ2v) is 4.28. The maximum Gasteiger partial charge on any atom is 0.308 e. The Bertz CT molecular complexity index is 166. The van der Waals surface area contributed by atoms with E-state index in [2.05, 4.69) is 13.8 Å². The van der Waals surface area contributed by atoms with Crippen LogP contribution >= 0.6 is 0 Å². The highest BCUT2D eigenvalue weighted by Crippen LogP contribution is 2.18. The molecule has 0 radical (unpaired) electrons. The molecular formula is C10H21NO2. The van der Waals surface area contributed by atoms with Crippen LogP contribution in [-0.2, 0) is 4.79 Å². The molecule has 0 bridgehead atoms. The number of carboxylic acid groups (broad SMARTS) is 1. The Labute approximate surface area is 80.7 Å². The summed E-state index contributed by atoms with van der Waals surface area (Å²) in [5, 5.41) is 9.01. The number of nitrogens with zero attached hydrogens (tertiary/aromatic N) is 1. The summed E-state index contributed by atoms with van der Waals surface area (Å²) in [4.78, 5) is 12.9. The summed E-state index contributed by atoms with van der Waals surface area (Å²) < 4.78 is 0. The van der Waals surface area contributed by atoms with Crippen LogP contribution in [0.3, 0.4) is 0 Å². The van der Waals surface area contributed by atoms with Gasteiger partial charge in [-0.3, -0.25) is 4.79 Å². The normalized spacial score (nSPS) is 16.2. The minimum Gasteiger partial charge on any atom is -0.481 e. The van der Waals surface area contributed by atoms with E-state index in [9.17, 15) is 4.79 Å². The number of hydrogen-bond acceptors (Lipinski definition) is 2. The van der Waals surface area contributed by atoms with Gasteiger partial charge in [-0.2, -0.15) is 0 Å². The molecule has 0 aliphatic carbocycles. The lowest BCUT2D eigenvalue weighted by atomic mass is 9.91. The SMILES string of the molecule is CC(C)CC(C(=O)O)C(C)N(C)C. The van der Waals surface area contributed by atoms with Crippen LogP contribution in [0.2, 0.25) is 0 Å². The Morgan fingerprint density at radius 2 is 1.77 bits per heavy atom. The number of carbonyl (C=O) groups is 1. The lowest BCUT2D eigenvalue weighted by molar-refractivity contribution is -0.144. The quantitative estimate of drug-likeness (QED) is 0.712. The standard InChI is InChI=1S/C10H21NO2/c1-7(2)6-9(10(12)13)8(3)11(4)5/h7-9H,6H2,1-5H3,(H,12,13). The summed E-state index contributed by atoms with van der Waals surface area (Å²) in [6, 6.07) is 0.0971. The summed E-state index contributed by atoms with van der Waals surface area (Å²) in [5.41, 5.74) is 0. The summed E-state index contributed by atoms with van der Waals surface area (Å²) in [6.07, 6.45) is 0.745. The topological polar surface area (TPSA) is 40.5 Å². The van der Waals surface area contributed by atoms with Crippen LogP contribution in [0, 0.1) is 11.8 Å². The zero-order valence-corrected chi connectivity index (χ0v) is 9.24. The van der Waals surface area contributed by atoms with Gasteiger partial charge < -0.3 is 10.0 Å². The zero-order chi connectivity index (χ0) is 10.6. The minimum absolute atomic E-state index is 0.0971.